The van der Waals surface area contributed by atoms with Gasteiger partial charge in [-0.05, 0) is 52.7 Å². The standard InChI is InChI=1S/C16H30N2/c1-6-7-8-11-15(17-3)16(18(4)5)12-9-10-14(2)13-16/h1,14-15,17H,7-13H2,2-5H3. The van der Waals surface area contributed by atoms with Crippen molar-refractivity contribution in [3.05, 3.63) is 0 Å². The highest BCUT2D eigenvalue weighted by Gasteiger charge is 2.42. The van der Waals surface area contributed by atoms with E-state index < -0.39 is 0 Å². The summed E-state index contributed by atoms with van der Waals surface area (Å²) in [6, 6.07) is 0.559. The third kappa shape index (κ3) is 3.49. The van der Waals surface area contributed by atoms with E-state index in [0.717, 1.165) is 18.8 Å². The van der Waals surface area contributed by atoms with Crippen LogP contribution in [0.2, 0.25) is 0 Å². The molecule has 0 bridgehead atoms. The number of nitrogens with one attached hydrogen (secondary N) is 1. The monoisotopic (exact) mass is 250 g/mol. The van der Waals surface area contributed by atoms with Crippen molar-refractivity contribution in [3.8, 4) is 12.3 Å². The van der Waals surface area contributed by atoms with E-state index in [9.17, 15) is 0 Å². The number of unbranched alkanes of at least 4 members (excludes halogenated alkanes) is 1. The van der Waals surface area contributed by atoms with Crippen molar-refractivity contribution in [2.24, 2.45) is 5.92 Å². The maximum atomic E-state index is 5.37. The lowest BCUT2D eigenvalue weighted by atomic mass is 9.70. The van der Waals surface area contributed by atoms with Crippen LogP contribution in [-0.2, 0) is 0 Å². The van der Waals surface area contributed by atoms with E-state index in [1.54, 1.807) is 0 Å². The fourth-order valence-corrected chi connectivity index (χ4v) is 3.69. The summed E-state index contributed by atoms with van der Waals surface area (Å²) in [6.45, 7) is 2.39. The molecule has 0 aromatic carbocycles. The molecule has 2 heteroatoms. The molecule has 1 aliphatic rings. The number of rotatable bonds is 6. The van der Waals surface area contributed by atoms with E-state index in [0.29, 0.717) is 11.6 Å². The lowest BCUT2D eigenvalue weighted by molar-refractivity contribution is 0.0364. The number of terminal acetylenes is 1. The van der Waals surface area contributed by atoms with Gasteiger partial charge in [-0.2, -0.15) is 0 Å². The Hall–Kier alpha value is -0.520. The number of nitrogens with zero attached hydrogens (tertiary/aromatic N) is 1. The Balaban J connectivity index is 2.77. The summed E-state index contributed by atoms with van der Waals surface area (Å²) in [5.74, 6) is 3.60. The first-order valence-corrected chi connectivity index (χ1v) is 7.35. The highest BCUT2D eigenvalue weighted by Crippen LogP contribution is 2.39. The van der Waals surface area contributed by atoms with Crippen LogP contribution in [-0.4, -0.2) is 37.6 Å². The van der Waals surface area contributed by atoms with Crippen molar-refractivity contribution in [2.45, 2.75) is 63.5 Å². The predicted octanol–water partition coefficient (Wildman–Crippen LogP) is 2.89. The fraction of sp³-hybridized carbons (Fsp3) is 0.875. The van der Waals surface area contributed by atoms with Crippen molar-refractivity contribution in [3.63, 3.8) is 0 Å². The Bertz CT molecular complexity index is 279. The van der Waals surface area contributed by atoms with Gasteiger partial charge in [-0.15, -0.1) is 12.3 Å². The summed E-state index contributed by atoms with van der Waals surface area (Å²) in [5, 5.41) is 3.56. The number of hydrogen-bond donors (Lipinski definition) is 1. The minimum Gasteiger partial charge on any atom is -0.315 e. The quantitative estimate of drug-likeness (QED) is 0.576. The third-order valence-electron chi connectivity index (χ3n) is 4.71. The molecule has 3 atom stereocenters. The lowest BCUT2D eigenvalue weighted by Gasteiger charge is -2.50. The van der Waals surface area contributed by atoms with Gasteiger partial charge in [0.1, 0.15) is 0 Å². The van der Waals surface area contributed by atoms with Gasteiger partial charge in [-0.25, -0.2) is 0 Å². The van der Waals surface area contributed by atoms with Gasteiger partial charge in [-0.3, -0.25) is 0 Å². The topological polar surface area (TPSA) is 15.3 Å². The van der Waals surface area contributed by atoms with Gasteiger partial charge in [-0.1, -0.05) is 19.8 Å². The summed E-state index contributed by atoms with van der Waals surface area (Å²) in [7, 11) is 6.58. The molecule has 104 valence electrons. The van der Waals surface area contributed by atoms with Crippen LogP contribution >= 0.6 is 0 Å². The van der Waals surface area contributed by atoms with Crippen LogP contribution in [0.25, 0.3) is 0 Å². The molecule has 0 saturated heterocycles. The maximum Gasteiger partial charge on any atom is 0.0358 e. The normalized spacial score (nSPS) is 30.1. The Kier molecular flexibility index (Phi) is 6.18. The molecule has 1 fully saturated rings. The molecule has 0 aromatic heterocycles. The molecule has 1 rings (SSSR count). The largest absolute Gasteiger partial charge is 0.315 e. The molecule has 1 N–H and O–H groups in total. The average Bonchev–Trinajstić information content (AvgIpc) is 2.34. The molecular formula is C16H30N2. The third-order valence-corrected chi connectivity index (χ3v) is 4.71. The zero-order valence-corrected chi connectivity index (χ0v) is 12.6. The van der Waals surface area contributed by atoms with Gasteiger partial charge in [0, 0.05) is 18.0 Å². The van der Waals surface area contributed by atoms with Gasteiger partial charge in [0.25, 0.3) is 0 Å². The first-order chi connectivity index (χ1) is 8.56. The van der Waals surface area contributed by atoms with E-state index in [1.807, 2.05) is 0 Å². The van der Waals surface area contributed by atoms with Gasteiger partial charge >= 0.3 is 0 Å². The average molecular weight is 250 g/mol. The SMILES string of the molecule is C#CCCCC(NC)C1(N(C)C)CCCC(C)C1. The Morgan fingerprint density at radius 1 is 1.50 bits per heavy atom. The predicted molar refractivity (Wildman–Crippen MR) is 79.6 cm³/mol. The highest BCUT2D eigenvalue weighted by atomic mass is 15.2. The Morgan fingerprint density at radius 2 is 2.22 bits per heavy atom. The summed E-state index contributed by atoms with van der Waals surface area (Å²) >= 11 is 0. The van der Waals surface area contributed by atoms with E-state index >= 15 is 0 Å². The van der Waals surface area contributed by atoms with E-state index in [2.05, 4.69) is 44.2 Å². The van der Waals surface area contributed by atoms with Gasteiger partial charge < -0.3 is 10.2 Å². The molecule has 18 heavy (non-hydrogen) atoms. The van der Waals surface area contributed by atoms with Crippen molar-refractivity contribution < 1.29 is 0 Å². The molecule has 0 amide bonds. The minimum absolute atomic E-state index is 0.320. The molecule has 0 aliphatic heterocycles. The number of hydrogen-bond acceptors (Lipinski definition) is 2. The molecule has 2 nitrogen and oxygen atoms in total. The van der Waals surface area contributed by atoms with Crippen molar-refractivity contribution in [2.75, 3.05) is 21.1 Å². The molecule has 0 heterocycles. The van der Waals surface area contributed by atoms with Crippen LogP contribution in [0.5, 0.6) is 0 Å². The maximum absolute atomic E-state index is 5.37. The second-order valence-electron chi connectivity index (χ2n) is 6.14. The van der Waals surface area contributed by atoms with Crippen LogP contribution in [0.1, 0.15) is 51.9 Å². The Morgan fingerprint density at radius 3 is 2.72 bits per heavy atom. The summed E-state index contributed by atoms with van der Waals surface area (Å²) in [4.78, 5) is 2.46. The smallest absolute Gasteiger partial charge is 0.0358 e. The van der Waals surface area contributed by atoms with Crippen molar-refractivity contribution in [1.29, 1.82) is 0 Å². The van der Waals surface area contributed by atoms with Crippen molar-refractivity contribution in [1.82, 2.24) is 10.2 Å². The molecule has 0 aromatic rings. The summed E-state index contributed by atoms with van der Waals surface area (Å²) in [6.07, 6.45) is 13.9. The summed E-state index contributed by atoms with van der Waals surface area (Å²) < 4.78 is 0. The molecule has 3 unspecified atom stereocenters. The van der Waals surface area contributed by atoms with Gasteiger partial charge in [0.2, 0.25) is 0 Å². The first-order valence-electron chi connectivity index (χ1n) is 7.35. The van der Waals surface area contributed by atoms with Crippen LogP contribution in [0.3, 0.4) is 0 Å². The lowest BCUT2D eigenvalue weighted by Crippen LogP contribution is -2.60. The van der Waals surface area contributed by atoms with Crippen LogP contribution in [0.15, 0.2) is 0 Å². The summed E-state index contributed by atoms with van der Waals surface area (Å²) in [5.41, 5.74) is 0.320. The van der Waals surface area contributed by atoms with E-state index in [-0.39, 0.29) is 0 Å². The van der Waals surface area contributed by atoms with Crippen molar-refractivity contribution >= 4 is 0 Å². The highest BCUT2D eigenvalue weighted by molar-refractivity contribution is 5.01. The fourth-order valence-electron chi connectivity index (χ4n) is 3.69. The molecule has 1 saturated carbocycles. The molecular weight excluding hydrogens is 220 g/mol. The molecule has 1 aliphatic carbocycles. The molecule has 0 radical (unpaired) electrons. The number of likely N-dealkylation sites (N-methyl/N-ethyl adjacent to an activating group) is 2. The van der Waals surface area contributed by atoms with E-state index in [1.165, 1.54) is 32.1 Å². The second-order valence-corrected chi connectivity index (χ2v) is 6.14. The Labute approximate surface area is 114 Å². The molecule has 0 spiro atoms. The zero-order chi connectivity index (χ0) is 13.6. The van der Waals surface area contributed by atoms with Crippen LogP contribution in [0.4, 0.5) is 0 Å². The van der Waals surface area contributed by atoms with Gasteiger partial charge in [0.05, 0.1) is 0 Å². The zero-order valence-electron chi connectivity index (χ0n) is 12.6. The van der Waals surface area contributed by atoms with Crippen LogP contribution < -0.4 is 5.32 Å². The second kappa shape index (κ2) is 7.16. The minimum atomic E-state index is 0.320. The first kappa shape index (κ1) is 15.5. The van der Waals surface area contributed by atoms with Crippen LogP contribution in [0, 0.1) is 18.3 Å². The van der Waals surface area contributed by atoms with E-state index in [4.69, 9.17) is 6.42 Å². The van der Waals surface area contributed by atoms with Gasteiger partial charge in [0.15, 0.2) is 0 Å².